The second-order valence-electron chi connectivity index (χ2n) is 3.64. The van der Waals surface area contributed by atoms with Crippen LogP contribution in [0.1, 0.15) is 26.1 Å². The van der Waals surface area contributed by atoms with Crippen LogP contribution in [-0.2, 0) is 6.54 Å². The summed E-state index contributed by atoms with van der Waals surface area (Å²) in [6, 6.07) is 4.37. The van der Waals surface area contributed by atoms with Crippen molar-refractivity contribution >= 4 is 0 Å². The predicted octanol–water partition coefficient (Wildman–Crippen LogP) is 1.60. The Balaban J connectivity index is 2.56. The van der Waals surface area contributed by atoms with Crippen LogP contribution in [0.2, 0.25) is 0 Å². The van der Waals surface area contributed by atoms with E-state index in [0.717, 1.165) is 12.4 Å². The van der Waals surface area contributed by atoms with Crippen molar-refractivity contribution < 1.29 is 0 Å². The normalized spacial score (nSPS) is 10.6. The topological polar surface area (TPSA) is 52.8 Å². The Morgan fingerprint density at radius 2 is 2.07 bits per heavy atom. The van der Waals surface area contributed by atoms with Crippen molar-refractivity contribution in [2.24, 2.45) is 0 Å². The summed E-state index contributed by atoms with van der Waals surface area (Å²) in [5.74, 6) is 0.809. The van der Waals surface area contributed by atoms with Crippen molar-refractivity contribution in [3.63, 3.8) is 0 Å². The number of rotatable bonds is 5. The van der Waals surface area contributed by atoms with Crippen LogP contribution < -0.4 is 0 Å². The van der Waals surface area contributed by atoms with Gasteiger partial charge >= 0.3 is 0 Å². The van der Waals surface area contributed by atoms with Gasteiger partial charge in [-0.1, -0.05) is 0 Å². The molecular formula is C11H16N4. The van der Waals surface area contributed by atoms with Gasteiger partial charge in [0.15, 0.2) is 0 Å². The molecule has 0 aromatic carbocycles. The van der Waals surface area contributed by atoms with Crippen molar-refractivity contribution in [2.75, 3.05) is 6.54 Å². The van der Waals surface area contributed by atoms with Crippen LogP contribution in [0.25, 0.3) is 0 Å². The largest absolute Gasteiger partial charge is 0.292 e. The van der Waals surface area contributed by atoms with Gasteiger partial charge < -0.3 is 0 Å². The third-order valence-corrected chi connectivity index (χ3v) is 2.20. The molecular weight excluding hydrogens is 188 g/mol. The van der Waals surface area contributed by atoms with Crippen molar-refractivity contribution in [3.8, 4) is 6.07 Å². The van der Waals surface area contributed by atoms with E-state index in [1.54, 1.807) is 18.5 Å². The Kier molecular flexibility index (Phi) is 4.72. The Morgan fingerprint density at radius 1 is 1.40 bits per heavy atom. The maximum Gasteiger partial charge on any atom is 0.142 e. The highest BCUT2D eigenvalue weighted by molar-refractivity contribution is 4.89. The molecule has 0 radical (unpaired) electrons. The minimum atomic E-state index is 0.405. The summed E-state index contributed by atoms with van der Waals surface area (Å²) in [5, 5.41) is 8.56. The van der Waals surface area contributed by atoms with E-state index in [4.69, 9.17) is 5.26 Å². The van der Waals surface area contributed by atoms with Crippen LogP contribution in [0.15, 0.2) is 18.5 Å². The molecule has 0 aliphatic heterocycles. The molecule has 15 heavy (non-hydrogen) atoms. The molecule has 0 spiro atoms. The van der Waals surface area contributed by atoms with Gasteiger partial charge in [0.05, 0.1) is 12.6 Å². The number of hydrogen-bond donors (Lipinski definition) is 0. The van der Waals surface area contributed by atoms with E-state index in [-0.39, 0.29) is 0 Å². The fourth-order valence-electron chi connectivity index (χ4n) is 1.31. The Morgan fingerprint density at radius 3 is 2.60 bits per heavy atom. The highest BCUT2D eigenvalue weighted by atomic mass is 15.2. The van der Waals surface area contributed by atoms with Crippen LogP contribution in [0, 0.1) is 11.3 Å². The first-order valence-electron chi connectivity index (χ1n) is 5.11. The van der Waals surface area contributed by atoms with Gasteiger partial charge in [-0.2, -0.15) is 5.26 Å². The summed E-state index contributed by atoms with van der Waals surface area (Å²) in [4.78, 5) is 10.5. The number of nitriles is 1. The standard InChI is InChI=1S/C11H16N4/c1-10(2)15(8-3-5-12)9-11-13-6-4-7-14-11/h4,6-7,10H,3,8-9H2,1-2H3. The lowest BCUT2D eigenvalue weighted by molar-refractivity contribution is 0.212. The second kappa shape index (κ2) is 6.10. The third kappa shape index (κ3) is 4.05. The summed E-state index contributed by atoms with van der Waals surface area (Å²) in [5.41, 5.74) is 0. The molecule has 1 aromatic heterocycles. The average Bonchev–Trinajstić information content (AvgIpc) is 2.25. The number of aromatic nitrogens is 2. The van der Waals surface area contributed by atoms with Gasteiger partial charge in [0.1, 0.15) is 5.82 Å². The fraction of sp³-hybridized carbons (Fsp3) is 0.545. The first kappa shape index (κ1) is 11.6. The molecule has 1 heterocycles. The van der Waals surface area contributed by atoms with E-state index in [2.05, 4.69) is 34.8 Å². The van der Waals surface area contributed by atoms with Crippen molar-refractivity contribution in [2.45, 2.75) is 32.9 Å². The van der Waals surface area contributed by atoms with Crippen LogP contribution in [0.4, 0.5) is 0 Å². The number of nitrogens with zero attached hydrogens (tertiary/aromatic N) is 4. The summed E-state index contributed by atoms with van der Waals surface area (Å²) in [6.07, 6.45) is 4.03. The molecule has 4 nitrogen and oxygen atoms in total. The van der Waals surface area contributed by atoms with E-state index >= 15 is 0 Å². The highest BCUT2D eigenvalue weighted by Gasteiger charge is 2.10. The average molecular weight is 204 g/mol. The molecule has 0 saturated carbocycles. The van der Waals surface area contributed by atoms with E-state index in [0.29, 0.717) is 19.0 Å². The quantitative estimate of drug-likeness (QED) is 0.731. The lowest BCUT2D eigenvalue weighted by Crippen LogP contribution is -2.31. The Labute approximate surface area is 90.6 Å². The van der Waals surface area contributed by atoms with Gasteiger partial charge in [-0.05, 0) is 19.9 Å². The molecule has 4 heteroatoms. The minimum absolute atomic E-state index is 0.405. The summed E-state index contributed by atoms with van der Waals surface area (Å²) in [7, 11) is 0. The van der Waals surface area contributed by atoms with Crippen molar-refractivity contribution in [1.82, 2.24) is 14.9 Å². The first-order valence-corrected chi connectivity index (χ1v) is 5.11. The second-order valence-corrected chi connectivity index (χ2v) is 3.64. The fourth-order valence-corrected chi connectivity index (χ4v) is 1.31. The lowest BCUT2D eigenvalue weighted by Gasteiger charge is -2.24. The molecule has 0 saturated heterocycles. The van der Waals surface area contributed by atoms with Gasteiger partial charge in [-0.25, -0.2) is 9.97 Å². The molecule has 0 amide bonds. The molecule has 0 fully saturated rings. The van der Waals surface area contributed by atoms with Gasteiger partial charge in [-0.3, -0.25) is 4.90 Å². The summed E-state index contributed by atoms with van der Waals surface area (Å²) < 4.78 is 0. The summed E-state index contributed by atoms with van der Waals surface area (Å²) in [6.45, 7) is 5.70. The monoisotopic (exact) mass is 204 g/mol. The van der Waals surface area contributed by atoms with Crippen LogP contribution >= 0.6 is 0 Å². The van der Waals surface area contributed by atoms with E-state index in [1.165, 1.54) is 0 Å². The van der Waals surface area contributed by atoms with E-state index in [1.807, 2.05) is 0 Å². The zero-order valence-electron chi connectivity index (χ0n) is 9.22. The van der Waals surface area contributed by atoms with Crippen molar-refractivity contribution in [1.29, 1.82) is 5.26 Å². The summed E-state index contributed by atoms with van der Waals surface area (Å²) >= 11 is 0. The van der Waals surface area contributed by atoms with Crippen LogP contribution in [-0.4, -0.2) is 27.5 Å². The molecule has 80 valence electrons. The molecule has 0 aliphatic rings. The van der Waals surface area contributed by atoms with Crippen LogP contribution in [0.3, 0.4) is 0 Å². The maximum absolute atomic E-state index is 8.56. The van der Waals surface area contributed by atoms with E-state index in [9.17, 15) is 0 Å². The molecule has 0 unspecified atom stereocenters. The Bertz CT molecular complexity index is 315. The molecule has 1 aromatic rings. The maximum atomic E-state index is 8.56. The molecule has 0 N–H and O–H groups in total. The molecule has 1 rings (SSSR count). The van der Waals surface area contributed by atoms with Crippen LogP contribution in [0.5, 0.6) is 0 Å². The smallest absolute Gasteiger partial charge is 0.142 e. The molecule has 0 atom stereocenters. The third-order valence-electron chi connectivity index (χ3n) is 2.20. The zero-order valence-corrected chi connectivity index (χ0v) is 9.22. The molecule has 0 bridgehead atoms. The lowest BCUT2D eigenvalue weighted by atomic mass is 10.3. The highest BCUT2D eigenvalue weighted by Crippen LogP contribution is 2.04. The SMILES string of the molecule is CC(C)N(CCC#N)Cc1ncccn1. The first-order chi connectivity index (χ1) is 7.24. The van der Waals surface area contributed by atoms with Crippen molar-refractivity contribution in [3.05, 3.63) is 24.3 Å². The van der Waals surface area contributed by atoms with Gasteiger partial charge in [0, 0.05) is 31.4 Å². The predicted molar refractivity (Wildman–Crippen MR) is 57.8 cm³/mol. The zero-order chi connectivity index (χ0) is 11.1. The Hall–Kier alpha value is -1.47. The van der Waals surface area contributed by atoms with Gasteiger partial charge in [0.25, 0.3) is 0 Å². The molecule has 0 aliphatic carbocycles. The van der Waals surface area contributed by atoms with Gasteiger partial charge in [-0.15, -0.1) is 0 Å². The van der Waals surface area contributed by atoms with Gasteiger partial charge in [0.2, 0.25) is 0 Å². The number of hydrogen-bond acceptors (Lipinski definition) is 4. The minimum Gasteiger partial charge on any atom is -0.292 e. The van der Waals surface area contributed by atoms with E-state index < -0.39 is 0 Å².